The zero-order valence-corrected chi connectivity index (χ0v) is 12.9. The van der Waals surface area contributed by atoms with Crippen molar-refractivity contribution < 1.29 is 8.42 Å². The number of benzene rings is 1. The molecule has 0 amide bonds. The van der Waals surface area contributed by atoms with Crippen LogP contribution in [0.15, 0.2) is 29.2 Å². The molecule has 1 heterocycles. The van der Waals surface area contributed by atoms with Crippen molar-refractivity contribution in [1.82, 2.24) is 4.31 Å². The number of rotatable bonds is 5. The lowest BCUT2D eigenvalue weighted by Gasteiger charge is -2.29. The highest BCUT2D eigenvalue weighted by atomic mass is 32.2. The quantitative estimate of drug-likeness (QED) is 0.904. The minimum Gasteiger partial charge on any atom is -0.330 e. The number of nitrogens with zero attached hydrogens (tertiary/aromatic N) is 1. The number of hydrogen-bond donors (Lipinski definition) is 1. The van der Waals surface area contributed by atoms with Crippen molar-refractivity contribution in [1.29, 1.82) is 0 Å². The Hall–Kier alpha value is -0.910. The van der Waals surface area contributed by atoms with Gasteiger partial charge in [0.15, 0.2) is 0 Å². The number of aryl methyl sites for hydroxylation is 1. The molecule has 1 saturated heterocycles. The molecule has 1 fully saturated rings. The predicted molar refractivity (Wildman–Crippen MR) is 81.0 cm³/mol. The fourth-order valence-corrected chi connectivity index (χ4v) is 3.98. The monoisotopic (exact) mass is 296 g/mol. The maximum atomic E-state index is 12.5. The molecule has 2 rings (SSSR count). The fraction of sp³-hybridized carbons (Fsp3) is 0.600. The first kappa shape index (κ1) is 15.5. The van der Waals surface area contributed by atoms with Crippen molar-refractivity contribution >= 4 is 10.0 Å². The summed E-state index contributed by atoms with van der Waals surface area (Å²) in [6, 6.07) is 7.24. The Bertz CT molecular complexity index is 517. The van der Waals surface area contributed by atoms with Gasteiger partial charge in [0, 0.05) is 13.1 Å². The van der Waals surface area contributed by atoms with Crippen molar-refractivity contribution in [2.24, 2.45) is 11.7 Å². The van der Waals surface area contributed by atoms with Crippen LogP contribution in [0.2, 0.25) is 0 Å². The summed E-state index contributed by atoms with van der Waals surface area (Å²) in [5.41, 5.74) is 6.62. The zero-order valence-electron chi connectivity index (χ0n) is 12.1. The van der Waals surface area contributed by atoms with E-state index in [0.717, 1.165) is 31.2 Å². The molecule has 1 aliphatic heterocycles. The van der Waals surface area contributed by atoms with Crippen molar-refractivity contribution in [3.63, 3.8) is 0 Å². The van der Waals surface area contributed by atoms with Crippen LogP contribution in [0.3, 0.4) is 0 Å². The molecule has 0 atom stereocenters. The summed E-state index contributed by atoms with van der Waals surface area (Å²) in [7, 11) is -3.31. The van der Waals surface area contributed by atoms with Crippen LogP contribution in [0.5, 0.6) is 0 Å². The summed E-state index contributed by atoms with van der Waals surface area (Å²) in [6.07, 6.45) is 3.73. The minimum absolute atomic E-state index is 0.406. The van der Waals surface area contributed by atoms with E-state index >= 15 is 0 Å². The molecule has 4 nitrogen and oxygen atoms in total. The topological polar surface area (TPSA) is 63.4 Å². The normalized spacial score (nSPS) is 18.3. The van der Waals surface area contributed by atoms with E-state index in [0.29, 0.717) is 30.4 Å². The minimum atomic E-state index is -3.31. The summed E-state index contributed by atoms with van der Waals surface area (Å²) in [5.74, 6) is 0.625. The summed E-state index contributed by atoms with van der Waals surface area (Å²) < 4.78 is 26.7. The van der Waals surface area contributed by atoms with Gasteiger partial charge in [-0.05, 0) is 55.8 Å². The van der Waals surface area contributed by atoms with Gasteiger partial charge in [0.25, 0.3) is 0 Å². The molecule has 20 heavy (non-hydrogen) atoms. The molecule has 0 spiro atoms. The van der Waals surface area contributed by atoms with Gasteiger partial charge in [-0.1, -0.05) is 19.1 Å². The Morgan fingerprint density at radius 1 is 1.20 bits per heavy atom. The van der Waals surface area contributed by atoms with Crippen LogP contribution >= 0.6 is 0 Å². The average molecular weight is 296 g/mol. The second-order valence-electron chi connectivity index (χ2n) is 5.62. The van der Waals surface area contributed by atoms with Gasteiger partial charge in [0.1, 0.15) is 0 Å². The van der Waals surface area contributed by atoms with Crippen LogP contribution in [0.1, 0.15) is 31.7 Å². The molecule has 0 radical (unpaired) electrons. The second-order valence-corrected chi connectivity index (χ2v) is 7.56. The maximum absolute atomic E-state index is 12.5. The number of piperidine rings is 1. The van der Waals surface area contributed by atoms with Crippen LogP contribution < -0.4 is 5.73 Å². The molecule has 2 N–H and O–H groups in total. The van der Waals surface area contributed by atoms with Gasteiger partial charge in [-0.3, -0.25) is 0 Å². The number of nitrogens with two attached hydrogens (primary N) is 1. The number of hydrogen-bond acceptors (Lipinski definition) is 3. The smallest absolute Gasteiger partial charge is 0.243 e. The molecule has 0 aliphatic carbocycles. The largest absolute Gasteiger partial charge is 0.330 e. The predicted octanol–water partition coefficient (Wildman–Crippen LogP) is 2.00. The van der Waals surface area contributed by atoms with Gasteiger partial charge >= 0.3 is 0 Å². The van der Waals surface area contributed by atoms with Crippen LogP contribution in [-0.4, -0.2) is 32.4 Å². The average Bonchev–Trinajstić information content (AvgIpc) is 2.46. The van der Waals surface area contributed by atoms with Gasteiger partial charge in [0.05, 0.1) is 4.90 Å². The summed E-state index contributed by atoms with van der Waals surface area (Å²) in [4.78, 5) is 0.406. The second kappa shape index (κ2) is 6.70. The Labute approximate surface area is 122 Å². The third-order valence-electron chi connectivity index (χ3n) is 3.97. The molecule has 1 aromatic rings. The first-order valence-corrected chi connectivity index (χ1v) is 8.77. The van der Waals surface area contributed by atoms with Crippen LogP contribution in [0.4, 0.5) is 0 Å². The third-order valence-corrected chi connectivity index (χ3v) is 5.89. The highest BCUT2D eigenvalue weighted by molar-refractivity contribution is 7.89. The fourth-order valence-electron chi connectivity index (χ4n) is 2.51. The standard InChI is InChI=1S/C15H24N2O2S/c1-13-8-11-17(12-9-13)20(18,19)15-6-4-14(5-7-15)3-2-10-16/h4-7,13H,2-3,8-12,16H2,1H3. The molecule has 1 aromatic carbocycles. The van der Waals surface area contributed by atoms with Crippen molar-refractivity contribution in [3.8, 4) is 0 Å². The first-order chi connectivity index (χ1) is 9.54. The Balaban J connectivity index is 2.09. The number of sulfonamides is 1. The van der Waals surface area contributed by atoms with Gasteiger partial charge in [-0.2, -0.15) is 4.31 Å². The summed E-state index contributed by atoms with van der Waals surface area (Å²) >= 11 is 0. The molecule has 0 unspecified atom stereocenters. The van der Waals surface area contributed by atoms with Crippen molar-refractivity contribution in [3.05, 3.63) is 29.8 Å². The molecule has 5 heteroatoms. The van der Waals surface area contributed by atoms with E-state index in [9.17, 15) is 8.42 Å². The molecule has 0 aromatic heterocycles. The van der Waals surface area contributed by atoms with Crippen molar-refractivity contribution in [2.45, 2.75) is 37.5 Å². The van der Waals surface area contributed by atoms with E-state index in [1.54, 1.807) is 16.4 Å². The van der Waals surface area contributed by atoms with E-state index in [-0.39, 0.29) is 0 Å². The molecule has 1 aliphatic rings. The molecule has 112 valence electrons. The third kappa shape index (κ3) is 3.59. The summed E-state index contributed by atoms with van der Waals surface area (Å²) in [6.45, 7) is 4.11. The molecule has 0 saturated carbocycles. The first-order valence-electron chi connectivity index (χ1n) is 7.33. The van der Waals surface area contributed by atoms with Gasteiger partial charge in [0.2, 0.25) is 10.0 Å². The lowest BCUT2D eigenvalue weighted by molar-refractivity contribution is 0.288. The van der Waals surface area contributed by atoms with Crippen molar-refractivity contribution in [2.75, 3.05) is 19.6 Å². The van der Waals surface area contributed by atoms with E-state index in [1.165, 1.54) is 0 Å². The van der Waals surface area contributed by atoms with E-state index in [1.807, 2.05) is 12.1 Å². The Morgan fingerprint density at radius 2 is 1.80 bits per heavy atom. The van der Waals surface area contributed by atoms with E-state index in [2.05, 4.69) is 6.92 Å². The van der Waals surface area contributed by atoms with Crippen LogP contribution in [0, 0.1) is 5.92 Å². The molecule has 0 bridgehead atoms. The highest BCUT2D eigenvalue weighted by Gasteiger charge is 2.27. The van der Waals surface area contributed by atoms with Gasteiger partial charge < -0.3 is 5.73 Å². The Morgan fingerprint density at radius 3 is 2.35 bits per heavy atom. The maximum Gasteiger partial charge on any atom is 0.243 e. The lowest BCUT2D eigenvalue weighted by Crippen LogP contribution is -2.37. The molecular weight excluding hydrogens is 272 g/mol. The SMILES string of the molecule is CC1CCN(S(=O)(=O)c2ccc(CCCN)cc2)CC1. The van der Waals surface area contributed by atoms with Gasteiger partial charge in [-0.25, -0.2) is 8.42 Å². The highest BCUT2D eigenvalue weighted by Crippen LogP contribution is 2.23. The zero-order chi connectivity index (χ0) is 14.6. The van der Waals surface area contributed by atoms with Crippen LogP contribution in [0.25, 0.3) is 0 Å². The van der Waals surface area contributed by atoms with Crippen LogP contribution in [-0.2, 0) is 16.4 Å². The van der Waals surface area contributed by atoms with E-state index in [4.69, 9.17) is 5.73 Å². The van der Waals surface area contributed by atoms with E-state index < -0.39 is 10.0 Å². The summed E-state index contributed by atoms with van der Waals surface area (Å²) in [5, 5.41) is 0. The van der Waals surface area contributed by atoms with Gasteiger partial charge in [-0.15, -0.1) is 0 Å². The molecular formula is C15H24N2O2S. The lowest BCUT2D eigenvalue weighted by atomic mass is 10.0. The Kier molecular flexibility index (Phi) is 5.18.